The van der Waals surface area contributed by atoms with Gasteiger partial charge in [0.25, 0.3) is 0 Å². The minimum absolute atomic E-state index is 0.541. The van der Waals surface area contributed by atoms with Gasteiger partial charge in [-0.05, 0) is 5.56 Å². The zero-order valence-electron chi connectivity index (χ0n) is 13.7. The van der Waals surface area contributed by atoms with Gasteiger partial charge in [0.05, 0.1) is 18.6 Å². The first-order valence-corrected chi connectivity index (χ1v) is 10.5. The Bertz CT molecular complexity index is 850. The Morgan fingerprint density at radius 2 is 1.96 bits per heavy atom. The summed E-state index contributed by atoms with van der Waals surface area (Å²) in [5.74, 6) is 0.957. The standard InChI is InChI=1S/C18H18ClN3OS2/c19-16-15-14(13-4-2-1-3-5-13)12-25-17(15)21-18(20-16)24-11-8-22-6-9-23-10-7-22/h1-5,12H,6-11H2. The molecule has 1 aromatic carbocycles. The summed E-state index contributed by atoms with van der Waals surface area (Å²) in [7, 11) is 0. The molecule has 1 fully saturated rings. The third-order valence-corrected chi connectivity index (χ3v) is 6.17. The summed E-state index contributed by atoms with van der Waals surface area (Å²) in [6.45, 7) is 4.69. The van der Waals surface area contributed by atoms with E-state index < -0.39 is 0 Å². The van der Waals surface area contributed by atoms with E-state index in [4.69, 9.17) is 21.3 Å². The van der Waals surface area contributed by atoms with E-state index in [0.29, 0.717) is 5.15 Å². The van der Waals surface area contributed by atoms with E-state index in [1.807, 2.05) is 18.2 Å². The highest BCUT2D eigenvalue weighted by atomic mass is 35.5. The maximum atomic E-state index is 6.50. The fraction of sp³-hybridized carbons (Fsp3) is 0.333. The van der Waals surface area contributed by atoms with Crippen molar-refractivity contribution >= 4 is 44.9 Å². The van der Waals surface area contributed by atoms with Gasteiger partial charge in [0.2, 0.25) is 0 Å². The molecule has 3 heterocycles. The summed E-state index contributed by atoms with van der Waals surface area (Å²) in [5, 5.41) is 4.37. The highest BCUT2D eigenvalue weighted by Gasteiger charge is 2.15. The van der Waals surface area contributed by atoms with Gasteiger partial charge in [-0.25, -0.2) is 9.97 Å². The second-order valence-electron chi connectivity index (χ2n) is 5.80. The SMILES string of the molecule is Clc1nc(SCCN2CCOCC2)nc2scc(-c3ccccc3)c12. The molecule has 3 aromatic rings. The molecule has 25 heavy (non-hydrogen) atoms. The molecule has 1 aliphatic heterocycles. The zero-order chi connectivity index (χ0) is 17.1. The first-order chi connectivity index (χ1) is 12.3. The van der Waals surface area contributed by atoms with Crippen molar-refractivity contribution in [1.82, 2.24) is 14.9 Å². The second-order valence-corrected chi connectivity index (χ2v) is 8.07. The minimum Gasteiger partial charge on any atom is -0.379 e. The lowest BCUT2D eigenvalue weighted by molar-refractivity contribution is 0.0410. The first-order valence-electron chi connectivity index (χ1n) is 8.24. The summed E-state index contributed by atoms with van der Waals surface area (Å²) in [6, 6.07) is 10.2. The average Bonchev–Trinajstić information content (AvgIpc) is 3.08. The molecule has 130 valence electrons. The van der Waals surface area contributed by atoms with Crippen molar-refractivity contribution < 1.29 is 4.74 Å². The molecular formula is C18H18ClN3OS2. The Kier molecular flexibility index (Phi) is 5.53. The van der Waals surface area contributed by atoms with Crippen LogP contribution in [-0.2, 0) is 4.74 Å². The van der Waals surface area contributed by atoms with E-state index in [9.17, 15) is 0 Å². The van der Waals surface area contributed by atoms with Crippen LogP contribution in [0, 0.1) is 0 Å². The van der Waals surface area contributed by atoms with Gasteiger partial charge in [0, 0.05) is 36.3 Å². The Morgan fingerprint density at radius 1 is 1.16 bits per heavy atom. The van der Waals surface area contributed by atoms with Crippen LogP contribution >= 0.6 is 34.7 Å². The van der Waals surface area contributed by atoms with Crippen molar-refractivity contribution in [1.29, 1.82) is 0 Å². The van der Waals surface area contributed by atoms with Gasteiger partial charge in [-0.3, -0.25) is 4.90 Å². The quantitative estimate of drug-likeness (QED) is 0.365. The molecular weight excluding hydrogens is 374 g/mol. The van der Waals surface area contributed by atoms with Gasteiger partial charge >= 0.3 is 0 Å². The van der Waals surface area contributed by atoms with Crippen molar-refractivity contribution in [3.05, 3.63) is 40.9 Å². The number of benzene rings is 1. The molecule has 1 aliphatic rings. The Morgan fingerprint density at radius 3 is 2.76 bits per heavy atom. The van der Waals surface area contributed by atoms with Crippen LogP contribution in [0.3, 0.4) is 0 Å². The molecule has 0 saturated carbocycles. The van der Waals surface area contributed by atoms with E-state index >= 15 is 0 Å². The smallest absolute Gasteiger partial charge is 0.190 e. The number of hydrogen-bond acceptors (Lipinski definition) is 6. The highest BCUT2D eigenvalue weighted by molar-refractivity contribution is 7.99. The molecule has 7 heteroatoms. The van der Waals surface area contributed by atoms with Crippen LogP contribution in [0.2, 0.25) is 5.15 Å². The minimum atomic E-state index is 0.541. The Labute approximate surface area is 160 Å². The van der Waals surface area contributed by atoms with Crippen molar-refractivity contribution in [3.63, 3.8) is 0 Å². The molecule has 0 amide bonds. The molecule has 0 spiro atoms. The van der Waals surface area contributed by atoms with Gasteiger partial charge < -0.3 is 4.74 Å². The fourth-order valence-electron chi connectivity index (χ4n) is 2.87. The number of halogens is 1. The third-order valence-electron chi connectivity index (χ3n) is 4.20. The molecule has 0 atom stereocenters. The van der Waals surface area contributed by atoms with E-state index in [0.717, 1.165) is 65.1 Å². The average molecular weight is 392 g/mol. The molecule has 0 aliphatic carbocycles. The predicted octanol–water partition coefficient (Wildman–Crippen LogP) is 4.44. The van der Waals surface area contributed by atoms with Crippen LogP contribution in [0.1, 0.15) is 0 Å². The van der Waals surface area contributed by atoms with Crippen molar-refractivity contribution in [2.45, 2.75) is 5.16 Å². The van der Waals surface area contributed by atoms with Crippen LogP contribution in [0.4, 0.5) is 0 Å². The van der Waals surface area contributed by atoms with Gasteiger partial charge in [0.1, 0.15) is 9.98 Å². The fourth-order valence-corrected chi connectivity index (χ4v) is 5.09. The number of morpholine rings is 1. The third kappa shape index (κ3) is 3.99. The summed E-state index contributed by atoms with van der Waals surface area (Å²) in [6.07, 6.45) is 0. The van der Waals surface area contributed by atoms with Crippen LogP contribution in [-0.4, -0.2) is 53.5 Å². The van der Waals surface area contributed by atoms with Crippen molar-refractivity contribution in [2.75, 3.05) is 38.6 Å². The van der Waals surface area contributed by atoms with E-state index in [-0.39, 0.29) is 0 Å². The summed E-state index contributed by atoms with van der Waals surface area (Å²) >= 11 is 9.79. The van der Waals surface area contributed by atoms with Crippen molar-refractivity contribution in [3.8, 4) is 11.1 Å². The number of fused-ring (bicyclic) bond motifs is 1. The first kappa shape index (κ1) is 17.2. The second kappa shape index (κ2) is 8.01. The lowest BCUT2D eigenvalue weighted by Crippen LogP contribution is -2.37. The van der Waals surface area contributed by atoms with Gasteiger partial charge in [-0.1, -0.05) is 53.7 Å². The molecule has 4 nitrogen and oxygen atoms in total. The summed E-state index contributed by atoms with van der Waals surface area (Å²) in [4.78, 5) is 12.6. The number of nitrogens with zero attached hydrogens (tertiary/aromatic N) is 3. The lowest BCUT2D eigenvalue weighted by Gasteiger charge is -2.26. The van der Waals surface area contributed by atoms with Crippen molar-refractivity contribution in [2.24, 2.45) is 0 Å². The zero-order valence-corrected chi connectivity index (χ0v) is 16.0. The molecule has 0 bridgehead atoms. The largest absolute Gasteiger partial charge is 0.379 e. The van der Waals surface area contributed by atoms with Crippen LogP contribution in [0.15, 0.2) is 40.9 Å². The van der Waals surface area contributed by atoms with Gasteiger partial charge in [0.15, 0.2) is 5.16 Å². The Hall–Kier alpha value is -1.18. The van der Waals surface area contributed by atoms with E-state index in [2.05, 4.69) is 27.4 Å². The van der Waals surface area contributed by atoms with Crippen LogP contribution in [0.25, 0.3) is 21.3 Å². The molecule has 0 radical (unpaired) electrons. The topological polar surface area (TPSA) is 38.2 Å². The molecule has 1 saturated heterocycles. The van der Waals surface area contributed by atoms with Gasteiger partial charge in [-0.15, -0.1) is 11.3 Å². The monoisotopic (exact) mass is 391 g/mol. The molecule has 4 rings (SSSR count). The molecule has 2 aromatic heterocycles. The maximum Gasteiger partial charge on any atom is 0.190 e. The Balaban J connectivity index is 1.50. The normalized spacial score (nSPS) is 15.7. The number of thioether (sulfide) groups is 1. The maximum absolute atomic E-state index is 6.50. The number of aromatic nitrogens is 2. The number of hydrogen-bond donors (Lipinski definition) is 0. The van der Waals surface area contributed by atoms with E-state index in [1.54, 1.807) is 23.1 Å². The molecule has 0 N–H and O–H groups in total. The van der Waals surface area contributed by atoms with Gasteiger partial charge in [-0.2, -0.15) is 0 Å². The lowest BCUT2D eigenvalue weighted by atomic mass is 10.1. The van der Waals surface area contributed by atoms with Crippen LogP contribution < -0.4 is 0 Å². The van der Waals surface area contributed by atoms with E-state index in [1.165, 1.54) is 0 Å². The van der Waals surface area contributed by atoms with Crippen LogP contribution in [0.5, 0.6) is 0 Å². The highest BCUT2D eigenvalue weighted by Crippen LogP contribution is 2.37. The summed E-state index contributed by atoms with van der Waals surface area (Å²) < 4.78 is 5.38. The predicted molar refractivity (Wildman–Crippen MR) is 106 cm³/mol. The number of thiophene rings is 1. The molecule has 0 unspecified atom stereocenters. The number of rotatable bonds is 5. The summed E-state index contributed by atoms with van der Waals surface area (Å²) in [5.41, 5.74) is 2.25. The number of ether oxygens (including phenoxy) is 1.